The minimum atomic E-state index is 0.280. The lowest BCUT2D eigenvalue weighted by atomic mass is 9.83. The fraction of sp³-hybridized carbons (Fsp3) is 0.200. The van der Waals surface area contributed by atoms with Gasteiger partial charge >= 0.3 is 0 Å². The van der Waals surface area contributed by atoms with Crippen molar-refractivity contribution < 1.29 is 0 Å². The fourth-order valence-corrected chi connectivity index (χ4v) is 2.66. The second kappa shape index (κ2) is 2.74. The minimum Gasteiger partial charge on any atom is -0.399 e. The first kappa shape index (κ1) is 8.32. The molecule has 1 heterocycles. The van der Waals surface area contributed by atoms with Crippen LogP contribution in [0.15, 0.2) is 45.8 Å². The van der Waals surface area contributed by atoms with Crippen molar-refractivity contribution in [3.8, 4) is 0 Å². The highest BCUT2D eigenvalue weighted by molar-refractivity contribution is 9.12. The number of allylic oxidation sites excluding steroid dienone is 4. The highest BCUT2D eigenvalue weighted by atomic mass is 79.9. The molecule has 0 spiro atoms. The maximum atomic E-state index is 5.84. The van der Waals surface area contributed by atoms with E-state index in [1.54, 1.807) is 0 Å². The van der Waals surface area contributed by atoms with Gasteiger partial charge in [-0.1, -0.05) is 15.9 Å². The molecule has 0 radical (unpaired) electrons. The molecule has 0 aromatic carbocycles. The first-order valence-corrected chi connectivity index (χ1v) is 5.33. The Morgan fingerprint density at radius 1 is 1.36 bits per heavy atom. The lowest BCUT2D eigenvalue weighted by Crippen LogP contribution is -2.32. The van der Waals surface area contributed by atoms with Gasteiger partial charge in [0.05, 0.1) is 6.04 Å². The molecule has 4 heteroatoms. The zero-order valence-corrected chi connectivity index (χ0v) is 9.01. The number of halogens is 1. The van der Waals surface area contributed by atoms with E-state index in [2.05, 4.69) is 32.9 Å². The standard InChI is InChI=1S/C10H10BrN3/c11-7-1-2-8-10-6(7)3-5(12)4-9(10)14-13-8/h1-4,9-10,13-14H,12H2. The van der Waals surface area contributed by atoms with E-state index in [-0.39, 0.29) is 6.04 Å². The highest BCUT2D eigenvalue weighted by Gasteiger charge is 2.37. The van der Waals surface area contributed by atoms with E-state index in [1.165, 1.54) is 11.3 Å². The van der Waals surface area contributed by atoms with Crippen LogP contribution in [0.2, 0.25) is 0 Å². The third-order valence-electron chi connectivity index (χ3n) is 2.79. The van der Waals surface area contributed by atoms with Crippen LogP contribution in [-0.4, -0.2) is 6.04 Å². The maximum Gasteiger partial charge on any atom is 0.0587 e. The average molecular weight is 252 g/mol. The third-order valence-corrected chi connectivity index (χ3v) is 3.51. The largest absolute Gasteiger partial charge is 0.399 e. The summed E-state index contributed by atoms with van der Waals surface area (Å²) in [4.78, 5) is 0. The molecule has 2 aliphatic carbocycles. The van der Waals surface area contributed by atoms with Gasteiger partial charge in [0.2, 0.25) is 0 Å². The summed E-state index contributed by atoms with van der Waals surface area (Å²) in [5, 5.41) is 0. The molecule has 2 atom stereocenters. The van der Waals surface area contributed by atoms with E-state index >= 15 is 0 Å². The van der Waals surface area contributed by atoms with Crippen molar-refractivity contribution in [2.75, 3.05) is 0 Å². The molecular formula is C10H10BrN3. The Morgan fingerprint density at radius 3 is 3.07 bits per heavy atom. The summed E-state index contributed by atoms with van der Waals surface area (Å²) in [6, 6.07) is 0.280. The molecule has 0 saturated carbocycles. The number of nitrogens with one attached hydrogen (secondary N) is 2. The summed E-state index contributed by atoms with van der Waals surface area (Å²) >= 11 is 3.55. The van der Waals surface area contributed by atoms with Gasteiger partial charge in [-0.15, -0.1) is 0 Å². The van der Waals surface area contributed by atoms with Crippen LogP contribution in [0.1, 0.15) is 0 Å². The Morgan fingerprint density at radius 2 is 2.21 bits per heavy atom. The number of hydrazine groups is 1. The van der Waals surface area contributed by atoms with Crippen molar-refractivity contribution in [3.05, 3.63) is 45.8 Å². The van der Waals surface area contributed by atoms with Crippen LogP contribution >= 0.6 is 15.9 Å². The van der Waals surface area contributed by atoms with Gasteiger partial charge in [-0.05, 0) is 29.9 Å². The average Bonchev–Trinajstić information content (AvgIpc) is 2.55. The molecular weight excluding hydrogens is 242 g/mol. The van der Waals surface area contributed by atoms with Crippen LogP contribution in [0.4, 0.5) is 0 Å². The molecule has 14 heavy (non-hydrogen) atoms. The lowest BCUT2D eigenvalue weighted by Gasteiger charge is -2.25. The first-order valence-electron chi connectivity index (χ1n) is 4.54. The van der Waals surface area contributed by atoms with E-state index in [4.69, 9.17) is 5.73 Å². The zero-order valence-electron chi connectivity index (χ0n) is 7.42. The SMILES string of the molecule is NC1=CC2NNC3=CC=C(Br)C(=C1)C32. The summed E-state index contributed by atoms with van der Waals surface area (Å²) in [6.07, 6.45) is 8.22. The molecule has 3 nitrogen and oxygen atoms in total. The van der Waals surface area contributed by atoms with Crippen molar-refractivity contribution in [2.45, 2.75) is 6.04 Å². The van der Waals surface area contributed by atoms with Crippen molar-refractivity contribution in [1.82, 2.24) is 10.9 Å². The van der Waals surface area contributed by atoms with Gasteiger partial charge < -0.3 is 11.2 Å². The monoisotopic (exact) mass is 251 g/mol. The van der Waals surface area contributed by atoms with E-state index in [0.717, 1.165) is 10.2 Å². The Balaban J connectivity index is 2.16. The summed E-state index contributed by atoms with van der Waals surface area (Å²) < 4.78 is 1.12. The predicted octanol–water partition coefficient (Wildman–Crippen LogP) is 1.04. The maximum absolute atomic E-state index is 5.84. The molecule has 0 aromatic heterocycles. The Bertz CT molecular complexity index is 417. The molecule has 1 aliphatic heterocycles. The van der Waals surface area contributed by atoms with Crippen LogP contribution < -0.4 is 16.6 Å². The second-order valence-corrected chi connectivity index (χ2v) is 4.53. The van der Waals surface area contributed by atoms with Crippen LogP contribution in [0.3, 0.4) is 0 Å². The van der Waals surface area contributed by atoms with E-state index in [9.17, 15) is 0 Å². The first-order chi connectivity index (χ1) is 6.75. The van der Waals surface area contributed by atoms with Gasteiger partial charge in [0.15, 0.2) is 0 Å². The minimum absolute atomic E-state index is 0.280. The van der Waals surface area contributed by atoms with Gasteiger partial charge in [-0.2, -0.15) is 0 Å². The van der Waals surface area contributed by atoms with Crippen molar-refractivity contribution in [3.63, 3.8) is 0 Å². The van der Waals surface area contributed by atoms with Crippen LogP contribution in [0, 0.1) is 5.92 Å². The van der Waals surface area contributed by atoms with Crippen LogP contribution in [0.5, 0.6) is 0 Å². The number of nitrogens with two attached hydrogens (primary N) is 1. The van der Waals surface area contributed by atoms with Crippen molar-refractivity contribution >= 4 is 15.9 Å². The molecule has 0 aromatic rings. The third kappa shape index (κ3) is 1.01. The molecule has 0 amide bonds. The lowest BCUT2D eigenvalue weighted by molar-refractivity contribution is 0.586. The summed E-state index contributed by atoms with van der Waals surface area (Å²) in [5.74, 6) is 0.390. The topological polar surface area (TPSA) is 50.1 Å². The Kier molecular flexibility index (Phi) is 1.63. The second-order valence-electron chi connectivity index (χ2n) is 3.68. The van der Waals surface area contributed by atoms with Gasteiger partial charge in [-0.3, -0.25) is 0 Å². The van der Waals surface area contributed by atoms with E-state index < -0.39 is 0 Å². The van der Waals surface area contributed by atoms with Gasteiger partial charge in [-0.25, -0.2) is 5.43 Å². The number of hydrogen-bond donors (Lipinski definition) is 3. The molecule has 1 saturated heterocycles. The normalized spacial score (nSPS) is 33.5. The molecule has 3 rings (SSSR count). The summed E-state index contributed by atoms with van der Waals surface area (Å²) in [7, 11) is 0. The molecule has 1 fully saturated rings. The van der Waals surface area contributed by atoms with Crippen LogP contribution in [-0.2, 0) is 0 Å². The van der Waals surface area contributed by atoms with E-state index in [0.29, 0.717) is 5.92 Å². The molecule has 0 bridgehead atoms. The van der Waals surface area contributed by atoms with E-state index in [1.807, 2.05) is 18.2 Å². The summed E-state index contributed by atoms with van der Waals surface area (Å²) in [5.41, 5.74) is 15.5. The highest BCUT2D eigenvalue weighted by Crippen LogP contribution is 2.40. The van der Waals surface area contributed by atoms with Gasteiger partial charge in [0, 0.05) is 21.8 Å². The molecule has 2 unspecified atom stereocenters. The fourth-order valence-electron chi connectivity index (χ4n) is 2.17. The Labute approximate surface area is 90.5 Å². The quantitative estimate of drug-likeness (QED) is 0.603. The molecule has 3 aliphatic rings. The number of rotatable bonds is 0. The van der Waals surface area contributed by atoms with Crippen molar-refractivity contribution in [2.24, 2.45) is 11.7 Å². The Hall–Kier alpha value is -1.000. The van der Waals surface area contributed by atoms with Gasteiger partial charge in [0.25, 0.3) is 0 Å². The zero-order chi connectivity index (χ0) is 9.71. The smallest absolute Gasteiger partial charge is 0.0587 e. The number of hydrogen-bond acceptors (Lipinski definition) is 3. The van der Waals surface area contributed by atoms with Crippen LogP contribution in [0.25, 0.3) is 0 Å². The molecule has 72 valence electrons. The summed E-state index contributed by atoms with van der Waals surface area (Å²) in [6.45, 7) is 0. The predicted molar refractivity (Wildman–Crippen MR) is 59.0 cm³/mol. The van der Waals surface area contributed by atoms with Crippen molar-refractivity contribution in [1.29, 1.82) is 0 Å². The van der Waals surface area contributed by atoms with Gasteiger partial charge in [0.1, 0.15) is 0 Å². The molecule has 4 N–H and O–H groups in total.